The van der Waals surface area contributed by atoms with Crippen molar-refractivity contribution in [2.75, 3.05) is 14.2 Å². The van der Waals surface area contributed by atoms with Crippen molar-refractivity contribution in [1.29, 1.82) is 0 Å². The number of carboxylic acid groups (broad SMARTS) is 1. The van der Waals surface area contributed by atoms with Crippen LogP contribution in [0.25, 0.3) is 10.6 Å². The van der Waals surface area contributed by atoms with Gasteiger partial charge in [0.05, 0.1) is 19.9 Å². The first-order chi connectivity index (χ1) is 9.58. The Kier molecular flexibility index (Phi) is 4.24. The van der Waals surface area contributed by atoms with Crippen molar-refractivity contribution in [3.05, 3.63) is 28.8 Å². The highest BCUT2D eigenvalue weighted by molar-refractivity contribution is 7.17. The van der Waals surface area contributed by atoms with Gasteiger partial charge in [0, 0.05) is 11.6 Å². The van der Waals surface area contributed by atoms with E-state index in [-0.39, 0.29) is 4.88 Å². The summed E-state index contributed by atoms with van der Waals surface area (Å²) in [7, 11) is 3.14. The lowest BCUT2D eigenvalue weighted by molar-refractivity contribution is 0.0701. The van der Waals surface area contributed by atoms with Gasteiger partial charge in [0.1, 0.15) is 21.4 Å². The zero-order chi connectivity index (χ0) is 14.7. The summed E-state index contributed by atoms with van der Waals surface area (Å²) in [5, 5.41) is 9.83. The average molecular weight is 293 g/mol. The third kappa shape index (κ3) is 2.75. The molecule has 0 atom stereocenters. The second kappa shape index (κ2) is 5.92. The number of aromatic carboxylic acids is 1. The van der Waals surface area contributed by atoms with E-state index in [0.29, 0.717) is 28.6 Å². The number of methoxy groups -OCH3 is 2. The van der Waals surface area contributed by atoms with Gasteiger partial charge in [-0.1, -0.05) is 6.92 Å². The first-order valence-corrected chi connectivity index (χ1v) is 6.87. The first-order valence-electron chi connectivity index (χ1n) is 6.05. The Balaban J connectivity index is 2.53. The molecule has 0 radical (unpaired) electrons. The minimum Gasteiger partial charge on any atom is -0.497 e. The van der Waals surface area contributed by atoms with Crippen molar-refractivity contribution in [3.63, 3.8) is 0 Å². The molecular weight excluding hydrogens is 278 g/mol. The maximum Gasteiger partial charge on any atom is 0.347 e. The third-order valence-corrected chi connectivity index (χ3v) is 3.96. The van der Waals surface area contributed by atoms with Crippen LogP contribution in [0.4, 0.5) is 0 Å². The van der Waals surface area contributed by atoms with Crippen molar-refractivity contribution >= 4 is 17.3 Å². The van der Waals surface area contributed by atoms with Crippen LogP contribution in [0.1, 0.15) is 22.3 Å². The Bertz CT molecular complexity index is 614. The van der Waals surface area contributed by atoms with Gasteiger partial charge in [0.2, 0.25) is 0 Å². The highest BCUT2D eigenvalue weighted by Gasteiger charge is 2.17. The second-order valence-electron chi connectivity index (χ2n) is 4.05. The van der Waals surface area contributed by atoms with E-state index < -0.39 is 5.97 Å². The number of hydrogen-bond donors (Lipinski definition) is 1. The molecule has 1 N–H and O–H groups in total. The van der Waals surface area contributed by atoms with Crippen LogP contribution >= 0.6 is 11.3 Å². The van der Waals surface area contributed by atoms with Crippen molar-refractivity contribution in [2.45, 2.75) is 13.3 Å². The maximum atomic E-state index is 11.2. The average Bonchev–Trinajstić information content (AvgIpc) is 2.91. The SMILES string of the molecule is CCc1nc(-c2cc(OC)cc(OC)c2)sc1C(=O)O. The van der Waals surface area contributed by atoms with E-state index in [4.69, 9.17) is 9.47 Å². The molecule has 1 aromatic heterocycles. The van der Waals surface area contributed by atoms with Gasteiger partial charge < -0.3 is 14.6 Å². The summed E-state index contributed by atoms with van der Waals surface area (Å²) in [5.41, 5.74) is 1.38. The highest BCUT2D eigenvalue weighted by atomic mass is 32.1. The van der Waals surface area contributed by atoms with Crippen molar-refractivity contribution in [1.82, 2.24) is 4.98 Å². The van der Waals surface area contributed by atoms with Crippen LogP contribution in [0.3, 0.4) is 0 Å². The third-order valence-electron chi connectivity index (χ3n) is 2.82. The molecule has 0 spiro atoms. The zero-order valence-corrected chi connectivity index (χ0v) is 12.3. The second-order valence-corrected chi connectivity index (χ2v) is 5.05. The molecule has 0 bridgehead atoms. The molecule has 0 aliphatic carbocycles. The number of carboxylic acids is 1. The monoisotopic (exact) mass is 293 g/mol. The summed E-state index contributed by atoms with van der Waals surface area (Å²) < 4.78 is 10.4. The van der Waals surface area contributed by atoms with Gasteiger partial charge in [-0.2, -0.15) is 0 Å². The molecule has 2 aromatic rings. The minimum atomic E-state index is -0.944. The molecule has 0 unspecified atom stereocenters. The van der Waals surface area contributed by atoms with E-state index in [1.165, 1.54) is 0 Å². The summed E-state index contributed by atoms with van der Waals surface area (Å²) in [6, 6.07) is 5.38. The molecule has 106 valence electrons. The summed E-state index contributed by atoms with van der Waals surface area (Å²) in [5.74, 6) is 0.342. The lowest BCUT2D eigenvalue weighted by Crippen LogP contribution is -1.97. The lowest BCUT2D eigenvalue weighted by atomic mass is 10.2. The van der Waals surface area contributed by atoms with Gasteiger partial charge in [-0.25, -0.2) is 9.78 Å². The van der Waals surface area contributed by atoms with E-state index in [1.54, 1.807) is 20.3 Å². The van der Waals surface area contributed by atoms with E-state index in [0.717, 1.165) is 16.9 Å². The van der Waals surface area contributed by atoms with E-state index >= 15 is 0 Å². The smallest absolute Gasteiger partial charge is 0.347 e. The fraction of sp³-hybridized carbons (Fsp3) is 0.286. The molecule has 0 aliphatic heterocycles. The predicted octanol–water partition coefficient (Wildman–Crippen LogP) is 3.09. The lowest BCUT2D eigenvalue weighted by Gasteiger charge is -2.06. The van der Waals surface area contributed by atoms with Gasteiger partial charge in [-0.3, -0.25) is 0 Å². The number of benzene rings is 1. The normalized spacial score (nSPS) is 10.3. The molecule has 20 heavy (non-hydrogen) atoms. The number of aromatic nitrogens is 1. The predicted molar refractivity (Wildman–Crippen MR) is 77.0 cm³/mol. The quantitative estimate of drug-likeness (QED) is 0.917. The van der Waals surface area contributed by atoms with Crippen LogP contribution in [-0.4, -0.2) is 30.3 Å². The number of aryl methyl sites for hydroxylation is 1. The summed E-state index contributed by atoms with van der Waals surface area (Å²) in [6.07, 6.45) is 0.583. The largest absolute Gasteiger partial charge is 0.497 e. The number of nitrogens with zero attached hydrogens (tertiary/aromatic N) is 1. The van der Waals surface area contributed by atoms with Gasteiger partial charge in [0.15, 0.2) is 0 Å². The Labute approximate surface area is 120 Å². The molecule has 0 fully saturated rings. The fourth-order valence-corrected chi connectivity index (χ4v) is 2.79. The summed E-state index contributed by atoms with van der Waals surface area (Å²) in [4.78, 5) is 15.9. The molecule has 5 nitrogen and oxygen atoms in total. The van der Waals surface area contributed by atoms with Crippen LogP contribution in [-0.2, 0) is 6.42 Å². The molecule has 0 amide bonds. The minimum absolute atomic E-state index is 0.282. The molecule has 2 rings (SSSR count). The number of rotatable bonds is 5. The van der Waals surface area contributed by atoms with Crippen molar-refractivity contribution in [2.24, 2.45) is 0 Å². The molecule has 0 saturated carbocycles. The molecule has 0 saturated heterocycles. The summed E-state index contributed by atoms with van der Waals surface area (Å²) >= 11 is 1.16. The molecule has 0 aliphatic rings. The van der Waals surface area contributed by atoms with E-state index in [9.17, 15) is 9.90 Å². The fourth-order valence-electron chi connectivity index (χ4n) is 1.81. The van der Waals surface area contributed by atoms with Gasteiger partial charge >= 0.3 is 5.97 Å². The van der Waals surface area contributed by atoms with Gasteiger partial charge in [-0.15, -0.1) is 11.3 Å². The Hall–Kier alpha value is -2.08. The maximum absolute atomic E-state index is 11.2. The Morgan fingerprint density at radius 1 is 1.25 bits per heavy atom. The Morgan fingerprint density at radius 3 is 2.25 bits per heavy atom. The topological polar surface area (TPSA) is 68.7 Å². The standard InChI is InChI=1S/C14H15NO4S/c1-4-11-12(14(16)17)20-13(15-11)8-5-9(18-2)7-10(6-8)19-3/h5-7H,4H2,1-3H3,(H,16,17). The van der Waals surface area contributed by atoms with E-state index in [1.807, 2.05) is 19.1 Å². The van der Waals surface area contributed by atoms with Crippen molar-refractivity contribution in [3.8, 4) is 22.1 Å². The van der Waals surface area contributed by atoms with Gasteiger partial charge in [-0.05, 0) is 18.6 Å². The van der Waals surface area contributed by atoms with Crippen LogP contribution in [0.5, 0.6) is 11.5 Å². The van der Waals surface area contributed by atoms with E-state index in [2.05, 4.69) is 4.98 Å². The number of thiazole rings is 1. The van der Waals surface area contributed by atoms with Gasteiger partial charge in [0.25, 0.3) is 0 Å². The van der Waals surface area contributed by atoms with Crippen LogP contribution in [0.15, 0.2) is 18.2 Å². The van der Waals surface area contributed by atoms with Crippen LogP contribution < -0.4 is 9.47 Å². The number of hydrogen-bond acceptors (Lipinski definition) is 5. The molecule has 1 aromatic carbocycles. The number of carbonyl (C=O) groups is 1. The molecule has 6 heteroatoms. The molecule has 1 heterocycles. The Morgan fingerprint density at radius 2 is 1.85 bits per heavy atom. The van der Waals surface area contributed by atoms with Crippen LogP contribution in [0.2, 0.25) is 0 Å². The van der Waals surface area contributed by atoms with Crippen LogP contribution in [0, 0.1) is 0 Å². The summed E-state index contributed by atoms with van der Waals surface area (Å²) in [6.45, 7) is 1.89. The molecular formula is C14H15NO4S. The van der Waals surface area contributed by atoms with Crippen molar-refractivity contribution < 1.29 is 19.4 Å². The zero-order valence-electron chi connectivity index (χ0n) is 11.5. The number of ether oxygens (including phenoxy) is 2. The first kappa shape index (κ1) is 14.3. The highest BCUT2D eigenvalue weighted by Crippen LogP contribution is 2.33.